The Labute approximate surface area is 153 Å². The number of benzene rings is 2. The largest absolute Gasteiger partial charge is 0.451 e. The Bertz CT molecular complexity index is 817. The lowest BCUT2D eigenvalue weighted by molar-refractivity contribution is -0.385. The molecule has 0 bridgehead atoms. The molecule has 0 saturated heterocycles. The van der Waals surface area contributed by atoms with Gasteiger partial charge in [0.05, 0.1) is 15.0 Å². The van der Waals surface area contributed by atoms with E-state index < -0.39 is 17.0 Å². The summed E-state index contributed by atoms with van der Waals surface area (Å²) in [6, 6.07) is 11.0. The van der Waals surface area contributed by atoms with Crippen LogP contribution in [0.5, 0.6) is 0 Å². The van der Waals surface area contributed by atoms with E-state index in [0.29, 0.717) is 5.56 Å². The summed E-state index contributed by atoms with van der Waals surface area (Å²) in [5.74, 6) is -1.12. The van der Waals surface area contributed by atoms with Crippen LogP contribution in [-0.4, -0.2) is 22.8 Å². The first-order valence-corrected chi connectivity index (χ1v) is 8.40. The molecule has 1 atom stereocenters. The van der Waals surface area contributed by atoms with Crippen LogP contribution < -0.4 is 0 Å². The fraction of sp³-hybridized carbons (Fsp3) is 0.222. The van der Waals surface area contributed by atoms with Crippen LogP contribution in [0.1, 0.15) is 40.1 Å². The van der Waals surface area contributed by atoms with Gasteiger partial charge < -0.3 is 4.74 Å². The molecule has 0 aliphatic rings. The second kappa shape index (κ2) is 8.02. The van der Waals surface area contributed by atoms with Gasteiger partial charge in [-0.15, -0.1) is 0 Å². The number of nitro benzene ring substituents is 1. The van der Waals surface area contributed by atoms with Gasteiger partial charge >= 0.3 is 5.97 Å². The summed E-state index contributed by atoms with van der Waals surface area (Å²) in [5.41, 5.74) is 1.31. The average Bonchev–Trinajstić information content (AvgIpc) is 2.61. The molecule has 0 heterocycles. The topological polar surface area (TPSA) is 86.5 Å². The van der Waals surface area contributed by atoms with E-state index in [0.717, 1.165) is 18.1 Å². The van der Waals surface area contributed by atoms with E-state index in [2.05, 4.69) is 15.9 Å². The molecule has 2 rings (SSSR count). The van der Waals surface area contributed by atoms with Crippen molar-refractivity contribution in [2.45, 2.75) is 26.4 Å². The minimum absolute atomic E-state index is 0.0101. The van der Waals surface area contributed by atoms with Crippen molar-refractivity contribution in [1.29, 1.82) is 0 Å². The van der Waals surface area contributed by atoms with Gasteiger partial charge in [-0.2, -0.15) is 0 Å². The van der Waals surface area contributed by atoms with Crippen molar-refractivity contribution in [2.75, 3.05) is 0 Å². The fourth-order valence-corrected chi connectivity index (χ4v) is 2.59. The molecular weight excluding hydrogens is 390 g/mol. The van der Waals surface area contributed by atoms with Crippen LogP contribution in [0.4, 0.5) is 5.69 Å². The molecule has 25 heavy (non-hydrogen) atoms. The number of aryl methyl sites for hydroxylation is 1. The number of hydrogen-bond donors (Lipinski definition) is 0. The van der Waals surface area contributed by atoms with Crippen LogP contribution in [-0.2, 0) is 11.2 Å². The van der Waals surface area contributed by atoms with Crippen molar-refractivity contribution in [1.82, 2.24) is 0 Å². The minimum Gasteiger partial charge on any atom is -0.451 e. The second-order valence-electron chi connectivity index (χ2n) is 5.39. The summed E-state index contributed by atoms with van der Waals surface area (Å²) in [4.78, 5) is 34.8. The first-order valence-electron chi connectivity index (χ1n) is 7.61. The fourth-order valence-electron chi connectivity index (χ4n) is 2.20. The van der Waals surface area contributed by atoms with Gasteiger partial charge in [-0.3, -0.25) is 14.9 Å². The molecule has 0 aromatic heterocycles. The number of rotatable bonds is 6. The van der Waals surface area contributed by atoms with Gasteiger partial charge in [0, 0.05) is 11.6 Å². The first-order chi connectivity index (χ1) is 11.8. The Morgan fingerprint density at radius 1 is 1.16 bits per heavy atom. The Morgan fingerprint density at radius 2 is 1.76 bits per heavy atom. The maximum absolute atomic E-state index is 12.3. The normalized spacial score (nSPS) is 11.6. The van der Waals surface area contributed by atoms with Crippen LogP contribution in [0.15, 0.2) is 46.9 Å². The van der Waals surface area contributed by atoms with E-state index in [-0.39, 0.29) is 21.5 Å². The highest BCUT2D eigenvalue weighted by molar-refractivity contribution is 9.10. The number of carbonyl (C=O) groups excluding carboxylic acids is 2. The van der Waals surface area contributed by atoms with Gasteiger partial charge in [-0.1, -0.05) is 31.2 Å². The number of ether oxygens (including phenoxy) is 1. The SMILES string of the molecule is CCc1ccc(C(=O)[C@H](C)OC(=O)c2ccc(Br)c([N+](=O)[O-])c2)cc1. The van der Waals surface area contributed by atoms with E-state index in [1.54, 1.807) is 12.1 Å². The quantitative estimate of drug-likeness (QED) is 0.308. The Hall–Kier alpha value is -2.54. The van der Waals surface area contributed by atoms with E-state index >= 15 is 0 Å². The summed E-state index contributed by atoms with van der Waals surface area (Å²) in [7, 11) is 0. The van der Waals surface area contributed by atoms with Crippen LogP contribution in [0.3, 0.4) is 0 Å². The number of ketones is 1. The van der Waals surface area contributed by atoms with Crippen molar-refractivity contribution in [3.8, 4) is 0 Å². The molecule has 0 spiro atoms. The second-order valence-corrected chi connectivity index (χ2v) is 6.24. The van der Waals surface area contributed by atoms with E-state index in [1.807, 2.05) is 19.1 Å². The van der Waals surface area contributed by atoms with Crippen molar-refractivity contribution in [3.63, 3.8) is 0 Å². The standard InChI is InChI=1S/C18H16BrNO5/c1-3-12-4-6-13(7-5-12)17(21)11(2)25-18(22)14-8-9-15(19)16(10-14)20(23)24/h4-11H,3H2,1-2H3/t11-/m0/s1. The molecule has 0 unspecified atom stereocenters. The summed E-state index contributed by atoms with van der Waals surface area (Å²) in [6.07, 6.45) is -0.135. The summed E-state index contributed by atoms with van der Waals surface area (Å²) >= 11 is 3.05. The minimum atomic E-state index is -0.998. The number of carbonyl (C=O) groups is 2. The Kier molecular flexibility index (Phi) is 6.03. The smallest absolute Gasteiger partial charge is 0.339 e. The molecule has 0 aliphatic carbocycles. The number of halogens is 1. The lowest BCUT2D eigenvalue weighted by atomic mass is 10.0. The monoisotopic (exact) mass is 405 g/mol. The summed E-state index contributed by atoms with van der Waals surface area (Å²) in [5, 5.41) is 10.9. The maximum Gasteiger partial charge on any atom is 0.339 e. The van der Waals surface area contributed by atoms with E-state index in [4.69, 9.17) is 4.74 Å². The van der Waals surface area contributed by atoms with Gasteiger partial charge in [-0.05, 0) is 47.0 Å². The first kappa shape index (κ1) is 18.8. The molecule has 0 fully saturated rings. The van der Waals surface area contributed by atoms with Crippen molar-refractivity contribution < 1.29 is 19.2 Å². The number of esters is 1. The van der Waals surface area contributed by atoms with Gasteiger partial charge in [0.15, 0.2) is 6.10 Å². The van der Waals surface area contributed by atoms with Crippen molar-refractivity contribution >= 4 is 33.4 Å². The highest BCUT2D eigenvalue weighted by atomic mass is 79.9. The van der Waals surface area contributed by atoms with E-state index in [1.165, 1.54) is 19.1 Å². The predicted octanol–water partition coefficient (Wildman–Crippen LogP) is 4.35. The predicted molar refractivity (Wildman–Crippen MR) is 95.8 cm³/mol. The molecule has 2 aromatic carbocycles. The van der Waals surface area contributed by atoms with E-state index in [9.17, 15) is 19.7 Å². The van der Waals surface area contributed by atoms with Crippen LogP contribution in [0.25, 0.3) is 0 Å². The van der Waals surface area contributed by atoms with Crippen LogP contribution in [0.2, 0.25) is 0 Å². The maximum atomic E-state index is 12.3. The molecular formula is C18H16BrNO5. The molecule has 0 N–H and O–H groups in total. The Balaban J connectivity index is 2.12. The average molecular weight is 406 g/mol. The number of hydrogen-bond acceptors (Lipinski definition) is 5. The molecule has 0 amide bonds. The van der Waals surface area contributed by atoms with Gasteiger partial charge in [0.2, 0.25) is 5.78 Å². The highest BCUT2D eigenvalue weighted by Crippen LogP contribution is 2.26. The number of nitro groups is 1. The molecule has 0 saturated carbocycles. The van der Waals surface area contributed by atoms with Crippen molar-refractivity contribution in [3.05, 3.63) is 73.7 Å². The molecule has 0 aliphatic heterocycles. The van der Waals surface area contributed by atoms with Gasteiger partial charge in [0.25, 0.3) is 5.69 Å². The van der Waals surface area contributed by atoms with Crippen molar-refractivity contribution in [2.24, 2.45) is 0 Å². The molecule has 130 valence electrons. The molecule has 7 heteroatoms. The zero-order valence-corrected chi connectivity index (χ0v) is 15.3. The summed E-state index contributed by atoms with van der Waals surface area (Å²) in [6.45, 7) is 3.49. The highest BCUT2D eigenvalue weighted by Gasteiger charge is 2.22. The van der Waals surface area contributed by atoms with Gasteiger partial charge in [-0.25, -0.2) is 4.79 Å². The lowest BCUT2D eigenvalue weighted by Crippen LogP contribution is -2.24. The van der Waals surface area contributed by atoms with Gasteiger partial charge in [0.1, 0.15) is 0 Å². The Morgan fingerprint density at radius 3 is 2.32 bits per heavy atom. The number of nitrogens with zero attached hydrogens (tertiary/aromatic N) is 1. The third-order valence-corrected chi connectivity index (χ3v) is 4.35. The number of Topliss-reactive ketones (excluding diaryl/α,β-unsaturated/α-hetero) is 1. The molecule has 2 aromatic rings. The third-order valence-electron chi connectivity index (χ3n) is 3.68. The molecule has 6 nitrogen and oxygen atoms in total. The molecule has 0 radical (unpaired) electrons. The summed E-state index contributed by atoms with van der Waals surface area (Å²) < 4.78 is 5.42. The third kappa shape index (κ3) is 4.51. The zero-order valence-electron chi connectivity index (χ0n) is 13.7. The lowest BCUT2D eigenvalue weighted by Gasteiger charge is -2.13. The van der Waals surface area contributed by atoms with Crippen LogP contribution >= 0.6 is 15.9 Å². The van der Waals surface area contributed by atoms with Crippen LogP contribution in [0, 0.1) is 10.1 Å². The zero-order chi connectivity index (χ0) is 18.6.